The van der Waals surface area contributed by atoms with Crippen molar-refractivity contribution in [2.24, 2.45) is 5.73 Å². The monoisotopic (exact) mass is 638 g/mol. The molecule has 0 unspecified atom stereocenters. The average molecular weight is 639 g/mol. The summed E-state index contributed by atoms with van der Waals surface area (Å²) in [7, 11) is 0. The summed E-state index contributed by atoms with van der Waals surface area (Å²) in [5.74, 6) is -5.39. The summed E-state index contributed by atoms with van der Waals surface area (Å²) in [4.78, 5) is 32.0. The lowest BCUT2D eigenvalue weighted by Gasteiger charge is -2.18. The van der Waals surface area contributed by atoms with Crippen LogP contribution in [-0.4, -0.2) is 88.5 Å². The molecule has 1 saturated heterocycles. The number of carboxylic acid groups (broad SMARTS) is 2. The van der Waals surface area contributed by atoms with Gasteiger partial charge < -0.3 is 35.4 Å². The Morgan fingerprint density at radius 2 is 1.27 bits per heavy atom. The molecule has 0 aliphatic carbocycles. The highest BCUT2D eigenvalue weighted by atomic mass is 19.4. The van der Waals surface area contributed by atoms with Crippen LogP contribution >= 0.6 is 0 Å². The number of benzene rings is 2. The Morgan fingerprint density at radius 1 is 0.818 bits per heavy atom. The summed E-state index contributed by atoms with van der Waals surface area (Å²) in [6.45, 7) is 2.20. The molecule has 7 N–H and O–H groups in total. The van der Waals surface area contributed by atoms with Crippen molar-refractivity contribution in [1.82, 2.24) is 4.90 Å². The minimum Gasteiger partial charge on any atom is -0.504 e. The summed E-state index contributed by atoms with van der Waals surface area (Å²) in [5.41, 5.74) is 7.10. The maximum absolute atomic E-state index is 12.2. The van der Waals surface area contributed by atoms with E-state index in [0.717, 1.165) is 31.5 Å². The van der Waals surface area contributed by atoms with Crippen LogP contribution < -0.4 is 10.5 Å². The molecule has 2 aromatic carbocycles. The van der Waals surface area contributed by atoms with Gasteiger partial charge in [-0.05, 0) is 43.2 Å². The smallest absolute Gasteiger partial charge is 0.490 e. The first kappa shape index (κ1) is 37.0. The van der Waals surface area contributed by atoms with E-state index in [0.29, 0.717) is 23.4 Å². The van der Waals surface area contributed by atoms with Crippen molar-refractivity contribution in [3.05, 3.63) is 59.2 Å². The van der Waals surface area contributed by atoms with Crippen molar-refractivity contribution >= 4 is 29.6 Å². The molecule has 44 heavy (non-hydrogen) atoms. The molecule has 0 saturated carbocycles. The average Bonchev–Trinajstić information content (AvgIpc) is 3.48. The molecule has 0 aromatic heterocycles. The SMILES string of the molecule is N=C(N)c1ccc(O)c(OCCCOC(=O)c2ccc(C(=N)N3CCCC3)cc2)c1.O=C(O)C(F)(F)F.O=C(O)C(F)(F)F. The number of halogens is 6. The van der Waals surface area contributed by atoms with Gasteiger partial charge in [0.2, 0.25) is 0 Å². The fraction of sp³-hybridized carbons (Fsp3) is 0.346. The van der Waals surface area contributed by atoms with Gasteiger partial charge in [-0.25, -0.2) is 14.4 Å². The van der Waals surface area contributed by atoms with E-state index in [1.807, 2.05) is 4.90 Å². The van der Waals surface area contributed by atoms with Crippen LogP contribution in [0.5, 0.6) is 11.5 Å². The fourth-order valence-electron chi connectivity index (χ4n) is 3.17. The largest absolute Gasteiger partial charge is 0.504 e. The number of esters is 1. The van der Waals surface area contributed by atoms with E-state index in [-0.39, 0.29) is 30.5 Å². The molecular weight excluding hydrogens is 610 g/mol. The Balaban J connectivity index is 0.000000574. The number of nitrogen functional groups attached to an aromatic ring is 1. The van der Waals surface area contributed by atoms with E-state index in [1.54, 1.807) is 24.3 Å². The Bertz CT molecular complexity index is 1290. The number of nitrogens with one attached hydrogen (secondary N) is 2. The number of carboxylic acids is 2. The number of carbonyl (C=O) groups excluding carboxylic acids is 1. The second kappa shape index (κ2) is 16.6. The molecule has 18 heteroatoms. The molecule has 1 heterocycles. The lowest BCUT2D eigenvalue weighted by Crippen LogP contribution is -2.27. The molecule has 1 aliphatic rings. The first-order chi connectivity index (χ1) is 20.3. The fourth-order valence-corrected chi connectivity index (χ4v) is 3.17. The van der Waals surface area contributed by atoms with Crippen molar-refractivity contribution in [1.29, 1.82) is 10.8 Å². The van der Waals surface area contributed by atoms with Crippen LogP contribution in [0.15, 0.2) is 42.5 Å². The zero-order chi connectivity index (χ0) is 33.7. The molecule has 2 aromatic rings. The maximum atomic E-state index is 12.2. The first-order valence-corrected chi connectivity index (χ1v) is 12.4. The van der Waals surface area contributed by atoms with Crippen LogP contribution in [0.25, 0.3) is 0 Å². The third-order valence-corrected chi connectivity index (χ3v) is 5.35. The summed E-state index contributed by atoms with van der Waals surface area (Å²) in [5, 5.41) is 39.7. The predicted octanol–water partition coefficient (Wildman–Crippen LogP) is 3.99. The number of likely N-dealkylation sites (tertiary alicyclic amines) is 1. The van der Waals surface area contributed by atoms with Gasteiger partial charge in [0, 0.05) is 30.6 Å². The standard InChI is InChI=1S/C22H26N4O4.2C2HF3O2/c23-20(24)17-8-9-18(27)19(14-17)29-12-3-13-30-22(28)16-6-4-15(5-7-16)21(25)26-10-1-2-11-26;2*3-2(4,5)1(6)7/h4-9,14,25,27H,1-3,10-13H2,(H3,23,24);2*(H,6,7). The van der Waals surface area contributed by atoms with E-state index in [2.05, 4.69) is 0 Å². The van der Waals surface area contributed by atoms with Gasteiger partial charge in [0.05, 0.1) is 18.8 Å². The molecule has 0 spiro atoms. The number of aliphatic carboxylic acids is 2. The number of hydrogen-bond donors (Lipinski definition) is 6. The topological polar surface area (TPSA) is 207 Å². The molecular formula is C26H28F6N4O8. The molecule has 0 atom stereocenters. The minimum absolute atomic E-state index is 0.0448. The highest BCUT2D eigenvalue weighted by molar-refractivity contribution is 5.98. The third-order valence-electron chi connectivity index (χ3n) is 5.35. The Kier molecular flexibility index (Phi) is 13.9. The van der Waals surface area contributed by atoms with Crippen LogP contribution in [0.1, 0.15) is 40.7 Å². The van der Waals surface area contributed by atoms with Crippen LogP contribution in [0.3, 0.4) is 0 Å². The predicted molar refractivity (Wildman–Crippen MR) is 141 cm³/mol. The lowest BCUT2D eigenvalue weighted by atomic mass is 10.1. The van der Waals surface area contributed by atoms with Crippen molar-refractivity contribution in [2.75, 3.05) is 26.3 Å². The number of rotatable bonds is 8. The zero-order valence-corrected chi connectivity index (χ0v) is 22.7. The second-order valence-electron chi connectivity index (χ2n) is 8.66. The third kappa shape index (κ3) is 12.9. The van der Waals surface area contributed by atoms with Crippen molar-refractivity contribution in [3.63, 3.8) is 0 Å². The Hall–Kier alpha value is -5.03. The van der Waals surface area contributed by atoms with Crippen molar-refractivity contribution in [3.8, 4) is 11.5 Å². The van der Waals surface area contributed by atoms with Crippen LogP contribution in [0.2, 0.25) is 0 Å². The molecule has 1 aliphatic heterocycles. The number of phenols is 1. The van der Waals surface area contributed by atoms with Gasteiger partial charge in [-0.2, -0.15) is 26.3 Å². The highest BCUT2D eigenvalue weighted by Crippen LogP contribution is 2.26. The van der Waals surface area contributed by atoms with Gasteiger partial charge in [-0.15, -0.1) is 0 Å². The zero-order valence-electron chi connectivity index (χ0n) is 22.7. The number of nitrogens with two attached hydrogens (primary N) is 1. The number of hydrogen-bond acceptors (Lipinski definition) is 8. The Morgan fingerprint density at radius 3 is 1.73 bits per heavy atom. The molecule has 0 radical (unpaired) electrons. The van der Waals surface area contributed by atoms with Crippen LogP contribution in [-0.2, 0) is 14.3 Å². The van der Waals surface area contributed by atoms with E-state index < -0.39 is 30.3 Å². The highest BCUT2D eigenvalue weighted by Gasteiger charge is 2.38. The summed E-state index contributed by atoms with van der Waals surface area (Å²) < 4.78 is 74.2. The van der Waals surface area contributed by atoms with E-state index in [1.165, 1.54) is 18.2 Å². The number of phenolic OH excluding ortho intramolecular Hbond substituents is 1. The number of amidine groups is 2. The lowest BCUT2D eigenvalue weighted by molar-refractivity contribution is -0.193. The summed E-state index contributed by atoms with van der Waals surface area (Å²) in [6.07, 6.45) is -7.51. The second-order valence-corrected chi connectivity index (χ2v) is 8.66. The van der Waals surface area contributed by atoms with Gasteiger partial charge >= 0.3 is 30.3 Å². The molecule has 242 valence electrons. The number of carbonyl (C=O) groups is 3. The van der Waals surface area contributed by atoms with Gasteiger partial charge in [0.25, 0.3) is 0 Å². The van der Waals surface area contributed by atoms with Crippen LogP contribution in [0.4, 0.5) is 26.3 Å². The summed E-state index contributed by atoms with van der Waals surface area (Å²) >= 11 is 0. The molecule has 12 nitrogen and oxygen atoms in total. The normalized spacial score (nSPS) is 12.5. The van der Waals surface area contributed by atoms with Gasteiger partial charge in [-0.3, -0.25) is 10.8 Å². The van der Waals surface area contributed by atoms with E-state index >= 15 is 0 Å². The number of ether oxygens (including phenoxy) is 2. The first-order valence-electron chi connectivity index (χ1n) is 12.4. The van der Waals surface area contributed by atoms with E-state index in [9.17, 15) is 36.2 Å². The number of nitrogens with zero attached hydrogens (tertiary/aromatic N) is 1. The molecule has 1 fully saturated rings. The van der Waals surface area contributed by atoms with Gasteiger partial charge in [-0.1, -0.05) is 12.1 Å². The summed E-state index contributed by atoms with van der Waals surface area (Å²) in [6, 6.07) is 11.3. The number of alkyl halides is 6. The Labute approximate surface area is 245 Å². The van der Waals surface area contributed by atoms with E-state index in [4.69, 9.17) is 45.8 Å². The molecule has 0 bridgehead atoms. The van der Waals surface area contributed by atoms with Gasteiger partial charge in [0.1, 0.15) is 11.7 Å². The van der Waals surface area contributed by atoms with Crippen LogP contribution in [0, 0.1) is 10.8 Å². The maximum Gasteiger partial charge on any atom is 0.490 e. The van der Waals surface area contributed by atoms with Gasteiger partial charge in [0.15, 0.2) is 11.5 Å². The van der Waals surface area contributed by atoms with Crippen molar-refractivity contribution < 1.29 is 65.5 Å². The quantitative estimate of drug-likeness (QED) is 0.0806. The minimum atomic E-state index is -5.08. The van der Waals surface area contributed by atoms with Crippen molar-refractivity contribution in [2.45, 2.75) is 31.6 Å². The molecule has 3 rings (SSSR count). The molecule has 0 amide bonds. The number of aromatic hydroxyl groups is 1.